The first-order valence-electron chi connectivity index (χ1n) is 9.63. The highest BCUT2D eigenvalue weighted by Crippen LogP contribution is 2.22. The summed E-state index contributed by atoms with van der Waals surface area (Å²) in [5.74, 6) is -0.102. The molecule has 3 amide bonds. The van der Waals surface area contributed by atoms with Gasteiger partial charge in [0.2, 0.25) is 5.91 Å². The minimum atomic E-state index is -0.102. The van der Waals surface area contributed by atoms with E-state index in [4.69, 9.17) is 9.47 Å². The Morgan fingerprint density at radius 1 is 1.26 bits per heavy atom. The molecule has 3 saturated heterocycles. The van der Waals surface area contributed by atoms with Crippen LogP contribution in [0.4, 0.5) is 4.79 Å². The second-order valence-corrected chi connectivity index (χ2v) is 7.74. The van der Waals surface area contributed by atoms with Crippen LogP contribution in [0.25, 0.3) is 0 Å². The third-order valence-electron chi connectivity index (χ3n) is 5.90. The second-order valence-electron chi connectivity index (χ2n) is 7.74. The number of fused-ring (bicyclic) bond motifs is 1. The van der Waals surface area contributed by atoms with Gasteiger partial charge in [0.05, 0.1) is 37.9 Å². The van der Waals surface area contributed by atoms with Crippen LogP contribution < -0.4 is 5.32 Å². The lowest BCUT2D eigenvalue weighted by molar-refractivity contribution is -0.140. The Balaban J connectivity index is 1.24. The van der Waals surface area contributed by atoms with Gasteiger partial charge >= 0.3 is 6.03 Å². The molecule has 2 atom stereocenters. The van der Waals surface area contributed by atoms with Gasteiger partial charge in [-0.1, -0.05) is 18.2 Å². The van der Waals surface area contributed by atoms with Gasteiger partial charge in [0.1, 0.15) is 6.61 Å². The summed E-state index contributed by atoms with van der Waals surface area (Å²) in [7, 11) is 0. The fourth-order valence-corrected chi connectivity index (χ4v) is 3.95. The number of carbonyl (C=O) groups excluding carboxylic acids is 2. The zero-order valence-corrected chi connectivity index (χ0v) is 15.9. The summed E-state index contributed by atoms with van der Waals surface area (Å²) < 4.78 is 11.5. The zero-order chi connectivity index (χ0) is 19.0. The zero-order valence-electron chi connectivity index (χ0n) is 15.9. The number of ether oxygens (including phenoxy) is 2. The van der Waals surface area contributed by atoms with Crippen LogP contribution >= 0.6 is 0 Å². The van der Waals surface area contributed by atoms with Crippen molar-refractivity contribution in [2.75, 3.05) is 32.8 Å². The van der Waals surface area contributed by atoms with Crippen molar-refractivity contribution in [1.29, 1.82) is 0 Å². The van der Waals surface area contributed by atoms with E-state index in [1.165, 1.54) is 16.7 Å². The molecule has 3 aliphatic heterocycles. The van der Waals surface area contributed by atoms with E-state index in [2.05, 4.69) is 37.4 Å². The minimum absolute atomic E-state index is 0.0248. The second kappa shape index (κ2) is 7.48. The lowest BCUT2D eigenvalue weighted by Gasteiger charge is -2.46. The maximum atomic E-state index is 12.7. The number of hydrogen-bond acceptors (Lipinski definition) is 4. The molecule has 0 bridgehead atoms. The van der Waals surface area contributed by atoms with E-state index in [1.54, 1.807) is 0 Å². The number of urea groups is 1. The monoisotopic (exact) mass is 373 g/mol. The first-order chi connectivity index (χ1) is 13.0. The predicted octanol–water partition coefficient (Wildman–Crippen LogP) is 1.21. The number of aryl methyl sites for hydroxylation is 1. The number of likely N-dealkylation sites (tertiary alicyclic amines) is 2. The van der Waals surface area contributed by atoms with Crippen molar-refractivity contribution in [2.24, 2.45) is 0 Å². The van der Waals surface area contributed by atoms with Crippen molar-refractivity contribution in [3.8, 4) is 0 Å². The molecular weight excluding hydrogens is 346 g/mol. The van der Waals surface area contributed by atoms with Gasteiger partial charge in [-0.3, -0.25) is 4.79 Å². The summed E-state index contributed by atoms with van der Waals surface area (Å²) in [5.41, 5.74) is 3.74. The molecule has 1 N–H and O–H groups in total. The molecule has 0 radical (unpaired) electrons. The van der Waals surface area contributed by atoms with Crippen molar-refractivity contribution < 1.29 is 19.1 Å². The minimum Gasteiger partial charge on any atom is -0.370 e. The molecule has 146 valence electrons. The third kappa shape index (κ3) is 3.80. The molecule has 3 aliphatic rings. The molecule has 3 heterocycles. The number of morpholine rings is 1. The van der Waals surface area contributed by atoms with Gasteiger partial charge in [0.25, 0.3) is 0 Å². The molecule has 0 spiro atoms. The van der Waals surface area contributed by atoms with Crippen LogP contribution in [0.15, 0.2) is 18.2 Å². The van der Waals surface area contributed by atoms with Crippen LogP contribution in [0.5, 0.6) is 0 Å². The molecule has 0 saturated carbocycles. The van der Waals surface area contributed by atoms with Gasteiger partial charge in [0.15, 0.2) is 0 Å². The average molecular weight is 373 g/mol. The SMILES string of the molecule is Cc1cccc(COC2CN(C(=O)N3CC[C@@H]4OCC(=O)N[C@@H]4C3)C2)c1C. The van der Waals surface area contributed by atoms with E-state index in [0.717, 1.165) is 6.42 Å². The number of piperidine rings is 1. The van der Waals surface area contributed by atoms with Crippen LogP contribution in [-0.2, 0) is 20.9 Å². The molecule has 3 fully saturated rings. The first kappa shape index (κ1) is 18.3. The number of benzene rings is 1. The molecule has 4 rings (SSSR count). The topological polar surface area (TPSA) is 71.1 Å². The first-order valence-corrected chi connectivity index (χ1v) is 9.63. The van der Waals surface area contributed by atoms with E-state index < -0.39 is 0 Å². The van der Waals surface area contributed by atoms with Crippen molar-refractivity contribution >= 4 is 11.9 Å². The lowest BCUT2D eigenvalue weighted by Crippen LogP contribution is -2.65. The number of hydrogen-bond donors (Lipinski definition) is 1. The van der Waals surface area contributed by atoms with Crippen molar-refractivity contribution in [3.63, 3.8) is 0 Å². The highest BCUT2D eigenvalue weighted by molar-refractivity contribution is 5.79. The van der Waals surface area contributed by atoms with Gasteiger partial charge in [-0.25, -0.2) is 4.79 Å². The third-order valence-corrected chi connectivity index (χ3v) is 5.90. The van der Waals surface area contributed by atoms with Gasteiger partial charge in [-0.2, -0.15) is 0 Å². The molecular formula is C20H27N3O4. The normalized spacial score (nSPS) is 25.6. The lowest BCUT2D eigenvalue weighted by atomic mass is 10.0. The molecule has 0 aliphatic carbocycles. The summed E-state index contributed by atoms with van der Waals surface area (Å²) in [6, 6.07) is 6.18. The number of nitrogens with zero attached hydrogens (tertiary/aromatic N) is 2. The van der Waals surface area contributed by atoms with Crippen LogP contribution in [0, 0.1) is 13.8 Å². The molecule has 0 unspecified atom stereocenters. The Labute approximate surface area is 159 Å². The Morgan fingerprint density at radius 2 is 2.07 bits per heavy atom. The molecule has 1 aromatic rings. The van der Waals surface area contributed by atoms with Crippen LogP contribution in [0.3, 0.4) is 0 Å². The molecule has 0 aromatic heterocycles. The fourth-order valence-electron chi connectivity index (χ4n) is 3.95. The highest BCUT2D eigenvalue weighted by Gasteiger charge is 2.40. The van der Waals surface area contributed by atoms with Gasteiger partial charge < -0.3 is 24.6 Å². The average Bonchev–Trinajstić information content (AvgIpc) is 2.62. The molecule has 7 nitrogen and oxygen atoms in total. The fraction of sp³-hybridized carbons (Fsp3) is 0.600. The molecule has 1 aromatic carbocycles. The van der Waals surface area contributed by atoms with Crippen molar-refractivity contribution in [3.05, 3.63) is 34.9 Å². The highest BCUT2D eigenvalue weighted by atomic mass is 16.5. The van der Waals surface area contributed by atoms with E-state index >= 15 is 0 Å². The van der Waals surface area contributed by atoms with Gasteiger partial charge in [-0.15, -0.1) is 0 Å². The van der Waals surface area contributed by atoms with Crippen LogP contribution in [-0.4, -0.2) is 72.8 Å². The predicted molar refractivity (Wildman–Crippen MR) is 99.3 cm³/mol. The summed E-state index contributed by atoms with van der Waals surface area (Å²) >= 11 is 0. The van der Waals surface area contributed by atoms with Crippen LogP contribution in [0.1, 0.15) is 23.1 Å². The van der Waals surface area contributed by atoms with Crippen molar-refractivity contribution in [2.45, 2.75) is 45.1 Å². The Bertz CT molecular complexity index is 732. The Morgan fingerprint density at radius 3 is 2.89 bits per heavy atom. The van der Waals surface area contributed by atoms with Gasteiger partial charge in [-0.05, 0) is 37.0 Å². The van der Waals surface area contributed by atoms with E-state index in [0.29, 0.717) is 32.8 Å². The summed E-state index contributed by atoms with van der Waals surface area (Å²) in [5, 5.41) is 2.93. The number of nitrogens with one attached hydrogen (secondary N) is 1. The maximum Gasteiger partial charge on any atom is 0.320 e. The van der Waals surface area contributed by atoms with Crippen molar-refractivity contribution in [1.82, 2.24) is 15.1 Å². The summed E-state index contributed by atoms with van der Waals surface area (Å²) in [6.45, 7) is 7.35. The van der Waals surface area contributed by atoms with E-state index in [9.17, 15) is 9.59 Å². The smallest absolute Gasteiger partial charge is 0.320 e. The van der Waals surface area contributed by atoms with E-state index in [1.807, 2.05) is 9.80 Å². The largest absolute Gasteiger partial charge is 0.370 e. The number of amides is 3. The van der Waals surface area contributed by atoms with E-state index in [-0.39, 0.29) is 36.8 Å². The standard InChI is InChI=1S/C20H27N3O4/c1-13-4-3-5-15(14(13)2)11-26-16-8-23(9-16)20(25)22-7-6-18-17(10-22)21-19(24)12-27-18/h3-5,16-18H,6-12H2,1-2H3,(H,21,24)/t17-,18+/m1/s1. The quantitative estimate of drug-likeness (QED) is 0.865. The summed E-state index contributed by atoms with van der Waals surface area (Å²) in [4.78, 5) is 27.8. The van der Waals surface area contributed by atoms with Crippen LogP contribution in [0.2, 0.25) is 0 Å². The maximum absolute atomic E-state index is 12.7. The Hall–Kier alpha value is -2.12. The molecule has 7 heteroatoms. The number of rotatable bonds is 3. The summed E-state index contributed by atoms with van der Waals surface area (Å²) in [6.07, 6.45) is 0.873. The molecule has 27 heavy (non-hydrogen) atoms. The Kier molecular flexibility index (Phi) is 5.06. The van der Waals surface area contributed by atoms with Gasteiger partial charge in [0, 0.05) is 13.1 Å². The number of carbonyl (C=O) groups is 2.